The molecule has 7 heteroatoms. The number of hydrogen-bond donors (Lipinski definition) is 1. The van der Waals surface area contributed by atoms with Gasteiger partial charge in [-0.3, -0.25) is 9.59 Å². The SMILES string of the molecule is CCCCNC(=O)C(Cc1ccccc1)N(Cc1ccc(Cl)c(Cl)c1)C(=O)COc1ccc(C(C)(C)C)cc1. The van der Waals surface area contributed by atoms with Crippen molar-refractivity contribution in [2.45, 2.75) is 65.0 Å². The number of benzene rings is 3. The van der Waals surface area contributed by atoms with Crippen molar-refractivity contribution in [3.63, 3.8) is 0 Å². The van der Waals surface area contributed by atoms with E-state index >= 15 is 0 Å². The summed E-state index contributed by atoms with van der Waals surface area (Å²) in [6.07, 6.45) is 2.18. The summed E-state index contributed by atoms with van der Waals surface area (Å²) in [5, 5.41) is 3.84. The van der Waals surface area contributed by atoms with Gasteiger partial charge < -0.3 is 15.0 Å². The number of hydrogen-bond acceptors (Lipinski definition) is 3. The van der Waals surface area contributed by atoms with Crippen molar-refractivity contribution in [3.8, 4) is 5.75 Å². The second-order valence-electron chi connectivity index (χ2n) is 10.7. The Morgan fingerprint density at radius 3 is 2.23 bits per heavy atom. The fourth-order valence-electron chi connectivity index (χ4n) is 4.17. The summed E-state index contributed by atoms with van der Waals surface area (Å²) in [5.74, 6) is 0.0978. The number of ether oxygens (including phenoxy) is 1. The predicted octanol–water partition coefficient (Wildman–Crippen LogP) is 7.23. The summed E-state index contributed by atoms with van der Waals surface area (Å²) in [6, 6.07) is 22.0. The van der Waals surface area contributed by atoms with Crippen LogP contribution in [0.2, 0.25) is 10.0 Å². The largest absolute Gasteiger partial charge is 0.484 e. The Balaban J connectivity index is 1.88. The molecule has 0 aliphatic heterocycles. The van der Waals surface area contributed by atoms with Crippen molar-refractivity contribution in [2.75, 3.05) is 13.2 Å². The number of halogens is 2. The zero-order valence-electron chi connectivity index (χ0n) is 23.2. The Morgan fingerprint density at radius 2 is 1.62 bits per heavy atom. The molecular weight excluding hydrogens is 531 g/mol. The normalized spacial score (nSPS) is 12.1. The number of nitrogens with one attached hydrogen (secondary N) is 1. The molecule has 2 amide bonds. The lowest BCUT2D eigenvalue weighted by molar-refractivity contribution is -0.142. The first-order valence-corrected chi connectivity index (χ1v) is 14.1. The van der Waals surface area contributed by atoms with Crippen LogP contribution in [0.25, 0.3) is 0 Å². The maximum atomic E-state index is 13.7. The second-order valence-corrected chi connectivity index (χ2v) is 11.5. The lowest BCUT2D eigenvalue weighted by Gasteiger charge is -2.31. The zero-order valence-corrected chi connectivity index (χ0v) is 24.7. The lowest BCUT2D eigenvalue weighted by Crippen LogP contribution is -2.51. The first kappa shape index (κ1) is 30.5. The summed E-state index contributed by atoms with van der Waals surface area (Å²) in [7, 11) is 0. The molecule has 208 valence electrons. The molecule has 0 saturated carbocycles. The fourth-order valence-corrected chi connectivity index (χ4v) is 4.49. The van der Waals surface area contributed by atoms with Gasteiger partial charge >= 0.3 is 0 Å². The molecule has 0 heterocycles. The molecule has 3 rings (SSSR count). The minimum Gasteiger partial charge on any atom is -0.484 e. The molecule has 0 aliphatic carbocycles. The Labute approximate surface area is 242 Å². The molecule has 1 unspecified atom stereocenters. The third-order valence-electron chi connectivity index (χ3n) is 6.52. The van der Waals surface area contributed by atoms with Gasteiger partial charge in [-0.15, -0.1) is 0 Å². The van der Waals surface area contributed by atoms with Crippen LogP contribution >= 0.6 is 23.2 Å². The standard InChI is InChI=1S/C32H38Cl2N2O3/c1-5-6-18-35-31(38)29(20-23-10-8-7-9-11-23)36(21-24-12-17-27(33)28(34)19-24)30(37)22-39-26-15-13-25(14-16-26)32(2,3)4/h7-17,19,29H,5-6,18,20-22H2,1-4H3,(H,35,38). The third kappa shape index (κ3) is 9.29. The topological polar surface area (TPSA) is 58.6 Å². The van der Waals surface area contributed by atoms with E-state index < -0.39 is 6.04 Å². The number of nitrogens with zero attached hydrogens (tertiary/aromatic N) is 1. The van der Waals surface area contributed by atoms with Crippen molar-refractivity contribution in [1.82, 2.24) is 10.2 Å². The van der Waals surface area contributed by atoms with Gasteiger partial charge in [0.15, 0.2) is 6.61 Å². The van der Waals surface area contributed by atoms with Crippen molar-refractivity contribution >= 4 is 35.0 Å². The predicted molar refractivity (Wildman–Crippen MR) is 160 cm³/mol. The van der Waals surface area contributed by atoms with Crippen LogP contribution in [0, 0.1) is 0 Å². The molecule has 5 nitrogen and oxygen atoms in total. The summed E-state index contributed by atoms with van der Waals surface area (Å²) in [4.78, 5) is 28.8. The molecule has 1 N–H and O–H groups in total. The van der Waals surface area contributed by atoms with Gasteiger partial charge in [0.25, 0.3) is 5.91 Å². The number of carbonyl (C=O) groups is 2. The minimum absolute atomic E-state index is 0.0147. The molecule has 0 spiro atoms. The van der Waals surface area contributed by atoms with Crippen molar-refractivity contribution in [1.29, 1.82) is 0 Å². The van der Waals surface area contributed by atoms with Gasteiger partial charge in [0.1, 0.15) is 11.8 Å². The highest BCUT2D eigenvalue weighted by molar-refractivity contribution is 6.42. The second kappa shape index (κ2) is 14.4. The summed E-state index contributed by atoms with van der Waals surface area (Å²) in [5.41, 5.74) is 2.92. The van der Waals surface area contributed by atoms with Crippen LogP contribution in [0.3, 0.4) is 0 Å². The van der Waals surface area contributed by atoms with Gasteiger partial charge in [-0.05, 0) is 52.8 Å². The van der Waals surface area contributed by atoms with Crippen LogP contribution < -0.4 is 10.1 Å². The van der Waals surface area contributed by atoms with E-state index in [1.165, 1.54) is 5.56 Å². The van der Waals surface area contributed by atoms with Gasteiger partial charge in [0, 0.05) is 19.5 Å². The van der Waals surface area contributed by atoms with Crippen molar-refractivity contribution in [2.24, 2.45) is 0 Å². The Morgan fingerprint density at radius 1 is 0.923 bits per heavy atom. The monoisotopic (exact) mass is 568 g/mol. The van der Waals surface area contributed by atoms with Gasteiger partial charge in [-0.1, -0.05) is 106 Å². The summed E-state index contributed by atoms with van der Waals surface area (Å²) >= 11 is 12.4. The number of unbranched alkanes of at least 4 members (excludes halogenated alkanes) is 1. The maximum Gasteiger partial charge on any atom is 0.261 e. The van der Waals surface area contributed by atoms with E-state index in [-0.39, 0.29) is 30.4 Å². The van der Waals surface area contributed by atoms with Crippen LogP contribution in [0.1, 0.15) is 57.2 Å². The van der Waals surface area contributed by atoms with Crippen molar-refractivity contribution in [3.05, 3.63) is 99.5 Å². The maximum absolute atomic E-state index is 13.7. The van der Waals surface area contributed by atoms with Crippen LogP contribution in [0.15, 0.2) is 72.8 Å². The smallest absolute Gasteiger partial charge is 0.261 e. The minimum atomic E-state index is -0.738. The molecule has 39 heavy (non-hydrogen) atoms. The molecule has 0 aliphatic rings. The van der Waals surface area contributed by atoms with E-state index in [1.807, 2.05) is 60.7 Å². The molecule has 0 radical (unpaired) electrons. The van der Waals surface area contributed by atoms with Crippen LogP contribution in [0.5, 0.6) is 5.75 Å². The Bertz CT molecular complexity index is 1220. The van der Waals surface area contributed by atoms with E-state index in [0.29, 0.717) is 28.8 Å². The first-order chi connectivity index (χ1) is 18.6. The van der Waals surface area contributed by atoms with Gasteiger partial charge in [0.05, 0.1) is 10.0 Å². The van der Waals surface area contributed by atoms with E-state index in [9.17, 15) is 9.59 Å². The number of carbonyl (C=O) groups excluding carboxylic acids is 2. The van der Waals surface area contributed by atoms with Gasteiger partial charge in [-0.2, -0.15) is 0 Å². The molecule has 3 aromatic rings. The molecule has 0 saturated heterocycles. The molecule has 0 aromatic heterocycles. The van der Waals surface area contributed by atoms with Crippen LogP contribution in [-0.4, -0.2) is 35.9 Å². The van der Waals surface area contributed by atoms with Crippen molar-refractivity contribution < 1.29 is 14.3 Å². The Hall–Kier alpha value is -3.02. The molecule has 0 fully saturated rings. The Kier molecular flexibility index (Phi) is 11.3. The summed E-state index contributed by atoms with van der Waals surface area (Å²) in [6.45, 7) is 9.03. The van der Waals surface area contributed by atoms with Crippen LogP contribution in [0.4, 0.5) is 0 Å². The highest BCUT2D eigenvalue weighted by Crippen LogP contribution is 2.26. The summed E-state index contributed by atoms with van der Waals surface area (Å²) < 4.78 is 5.91. The quantitative estimate of drug-likeness (QED) is 0.234. The van der Waals surface area contributed by atoms with Crippen LogP contribution in [-0.2, 0) is 28.0 Å². The molecular formula is C32H38Cl2N2O3. The molecule has 1 atom stereocenters. The highest BCUT2D eigenvalue weighted by Gasteiger charge is 2.30. The van der Waals surface area contributed by atoms with Gasteiger partial charge in [-0.25, -0.2) is 0 Å². The zero-order chi connectivity index (χ0) is 28.4. The highest BCUT2D eigenvalue weighted by atomic mass is 35.5. The fraction of sp³-hybridized carbons (Fsp3) is 0.375. The van der Waals surface area contributed by atoms with E-state index in [1.54, 1.807) is 17.0 Å². The number of amides is 2. The average Bonchev–Trinajstić information content (AvgIpc) is 2.91. The molecule has 0 bridgehead atoms. The average molecular weight is 570 g/mol. The third-order valence-corrected chi connectivity index (χ3v) is 7.26. The van der Waals surface area contributed by atoms with E-state index in [0.717, 1.165) is 24.0 Å². The van der Waals surface area contributed by atoms with E-state index in [2.05, 4.69) is 33.0 Å². The molecule has 3 aromatic carbocycles. The van der Waals surface area contributed by atoms with E-state index in [4.69, 9.17) is 27.9 Å². The lowest BCUT2D eigenvalue weighted by atomic mass is 9.87. The first-order valence-electron chi connectivity index (χ1n) is 13.4. The number of rotatable bonds is 12. The van der Waals surface area contributed by atoms with Gasteiger partial charge in [0.2, 0.25) is 5.91 Å².